The van der Waals surface area contributed by atoms with E-state index in [9.17, 15) is 13.2 Å². The minimum absolute atomic E-state index is 0.137. The molecule has 1 N–H and O–H groups in total. The third-order valence-corrected chi connectivity index (χ3v) is 4.49. The average molecular weight is 310 g/mol. The van der Waals surface area contributed by atoms with Gasteiger partial charge < -0.3 is 5.32 Å². The Hall–Kier alpha value is -1.56. The lowest BCUT2D eigenvalue weighted by molar-refractivity contribution is 0.0919. The van der Waals surface area contributed by atoms with Crippen molar-refractivity contribution in [1.82, 2.24) is 5.32 Å². The number of benzene rings is 1. The predicted octanol–water partition coefficient (Wildman–Crippen LogP) is 1.93. The van der Waals surface area contributed by atoms with E-state index in [0.717, 1.165) is 18.4 Å². The Kier molecular flexibility index (Phi) is 4.02. The summed E-state index contributed by atoms with van der Waals surface area (Å²) in [6, 6.07) is 5.21. The molecule has 0 atom stereocenters. The number of sulfonamides is 1. The highest BCUT2D eigenvalue weighted by atomic mass is 32.2. The Bertz CT molecular complexity index is 660. The normalized spacial score (nSPS) is 15.5. The van der Waals surface area contributed by atoms with Gasteiger partial charge in [-0.3, -0.25) is 9.10 Å². The largest absolute Gasteiger partial charge is 0.347 e. The maximum atomic E-state index is 12.2. The maximum absolute atomic E-state index is 12.2. The maximum Gasteiger partial charge on any atom is 0.251 e. The Balaban J connectivity index is 2.34. The zero-order chi connectivity index (χ0) is 15.8. The van der Waals surface area contributed by atoms with Gasteiger partial charge in [0.15, 0.2) is 0 Å². The van der Waals surface area contributed by atoms with Crippen LogP contribution in [0.2, 0.25) is 0 Å². The molecule has 1 amide bonds. The Morgan fingerprint density at radius 3 is 2.52 bits per heavy atom. The van der Waals surface area contributed by atoms with Gasteiger partial charge in [0.2, 0.25) is 10.0 Å². The van der Waals surface area contributed by atoms with Crippen LogP contribution in [0.25, 0.3) is 0 Å². The summed E-state index contributed by atoms with van der Waals surface area (Å²) in [5, 5.41) is 2.91. The van der Waals surface area contributed by atoms with Crippen molar-refractivity contribution in [3.63, 3.8) is 0 Å². The van der Waals surface area contributed by atoms with Gasteiger partial charge in [0.1, 0.15) is 0 Å². The highest BCUT2D eigenvalue weighted by Crippen LogP contribution is 2.29. The number of carbonyl (C=O) groups excluding carboxylic acids is 1. The SMILES string of the molecule is CC(C)(C)NC(=O)c1ccc2c(c1)CCCN2S(C)(=O)=O. The second kappa shape index (κ2) is 5.33. The minimum Gasteiger partial charge on any atom is -0.347 e. The lowest BCUT2D eigenvalue weighted by Gasteiger charge is -2.29. The fraction of sp³-hybridized carbons (Fsp3) is 0.533. The van der Waals surface area contributed by atoms with Gasteiger partial charge in [0.25, 0.3) is 5.91 Å². The number of aryl methyl sites for hydroxylation is 1. The monoisotopic (exact) mass is 310 g/mol. The first kappa shape index (κ1) is 15.8. The lowest BCUT2D eigenvalue weighted by atomic mass is 10.00. The molecule has 0 aromatic heterocycles. The van der Waals surface area contributed by atoms with E-state index in [1.54, 1.807) is 18.2 Å². The molecule has 0 aliphatic carbocycles. The molecule has 0 fully saturated rings. The molecule has 0 unspecified atom stereocenters. The van der Waals surface area contributed by atoms with Gasteiger partial charge in [-0.15, -0.1) is 0 Å². The summed E-state index contributed by atoms with van der Waals surface area (Å²) in [6.07, 6.45) is 2.77. The predicted molar refractivity (Wildman–Crippen MR) is 84.2 cm³/mol. The van der Waals surface area contributed by atoms with Gasteiger partial charge in [-0.25, -0.2) is 8.42 Å². The fourth-order valence-corrected chi connectivity index (χ4v) is 3.46. The standard InChI is InChI=1S/C15H22N2O3S/c1-15(2,3)16-14(18)12-7-8-13-11(10-12)6-5-9-17(13)21(4,19)20/h7-8,10H,5-6,9H2,1-4H3,(H,16,18). The first-order valence-electron chi connectivity index (χ1n) is 7.01. The molecule has 1 aliphatic heterocycles. The van der Waals surface area contributed by atoms with E-state index in [1.165, 1.54) is 10.6 Å². The zero-order valence-electron chi connectivity index (χ0n) is 12.9. The molecular formula is C15H22N2O3S. The minimum atomic E-state index is -3.27. The molecule has 0 spiro atoms. The van der Waals surface area contributed by atoms with Crippen molar-refractivity contribution in [2.75, 3.05) is 17.1 Å². The van der Waals surface area contributed by atoms with E-state index >= 15 is 0 Å². The summed E-state index contributed by atoms with van der Waals surface area (Å²) in [6.45, 7) is 6.28. The average Bonchev–Trinajstić information content (AvgIpc) is 2.34. The van der Waals surface area contributed by atoms with Crippen LogP contribution in [0.4, 0.5) is 5.69 Å². The van der Waals surface area contributed by atoms with Crippen molar-refractivity contribution < 1.29 is 13.2 Å². The second-order valence-corrected chi connectivity index (χ2v) is 8.39. The zero-order valence-corrected chi connectivity index (χ0v) is 13.8. The number of amides is 1. The van der Waals surface area contributed by atoms with Crippen LogP contribution in [0.15, 0.2) is 18.2 Å². The number of hydrogen-bond acceptors (Lipinski definition) is 3. The first-order chi connectivity index (χ1) is 9.58. The highest BCUT2D eigenvalue weighted by Gasteiger charge is 2.25. The summed E-state index contributed by atoms with van der Waals surface area (Å²) >= 11 is 0. The van der Waals surface area contributed by atoms with E-state index in [1.807, 2.05) is 20.8 Å². The van der Waals surface area contributed by atoms with Crippen molar-refractivity contribution in [2.45, 2.75) is 39.2 Å². The van der Waals surface area contributed by atoms with Gasteiger partial charge in [-0.05, 0) is 57.4 Å². The number of rotatable bonds is 2. The fourth-order valence-electron chi connectivity index (χ4n) is 2.46. The Morgan fingerprint density at radius 1 is 1.29 bits per heavy atom. The summed E-state index contributed by atoms with van der Waals surface area (Å²) < 4.78 is 25.0. The summed E-state index contributed by atoms with van der Waals surface area (Å²) in [4.78, 5) is 12.2. The van der Waals surface area contributed by atoms with E-state index in [0.29, 0.717) is 17.8 Å². The van der Waals surface area contributed by atoms with E-state index in [4.69, 9.17) is 0 Å². The van der Waals surface area contributed by atoms with Crippen LogP contribution in [0.3, 0.4) is 0 Å². The third kappa shape index (κ3) is 3.75. The number of anilines is 1. The van der Waals surface area contributed by atoms with Gasteiger partial charge in [0.05, 0.1) is 11.9 Å². The Morgan fingerprint density at radius 2 is 1.95 bits per heavy atom. The number of nitrogens with one attached hydrogen (secondary N) is 1. The van der Waals surface area contributed by atoms with Crippen molar-refractivity contribution in [3.05, 3.63) is 29.3 Å². The molecule has 0 saturated carbocycles. The quantitative estimate of drug-likeness (QED) is 0.907. The van der Waals surface area contributed by atoms with E-state index in [-0.39, 0.29) is 11.4 Å². The van der Waals surface area contributed by atoms with Crippen molar-refractivity contribution in [2.24, 2.45) is 0 Å². The molecule has 21 heavy (non-hydrogen) atoms. The van der Waals surface area contributed by atoms with E-state index < -0.39 is 10.0 Å². The van der Waals surface area contributed by atoms with Crippen LogP contribution < -0.4 is 9.62 Å². The van der Waals surface area contributed by atoms with Crippen LogP contribution in [0, 0.1) is 0 Å². The Labute approximate surface area is 126 Å². The molecule has 1 aliphatic rings. The molecule has 1 aromatic rings. The first-order valence-corrected chi connectivity index (χ1v) is 8.86. The number of carbonyl (C=O) groups is 1. The van der Waals surface area contributed by atoms with Crippen molar-refractivity contribution >= 4 is 21.6 Å². The molecule has 2 rings (SSSR count). The molecule has 116 valence electrons. The molecule has 0 bridgehead atoms. The van der Waals surface area contributed by atoms with Crippen LogP contribution in [0.5, 0.6) is 0 Å². The van der Waals surface area contributed by atoms with Crippen LogP contribution >= 0.6 is 0 Å². The lowest BCUT2D eigenvalue weighted by Crippen LogP contribution is -2.40. The van der Waals surface area contributed by atoms with Crippen LogP contribution in [-0.2, 0) is 16.4 Å². The van der Waals surface area contributed by atoms with E-state index in [2.05, 4.69) is 5.32 Å². The number of hydrogen-bond donors (Lipinski definition) is 1. The topological polar surface area (TPSA) is 66.5 Å². The molecular weight excluding hydrogens is 288 g/mol. The highest BCUT2D eigenvalue weighted by molar-refractivity contribution is 7.92. The molecule has 1 aromatic carbocycles. The molecule has 1 heterocycles. The van der Waals surface area contributed by atoms with Crippen LogP contribution in [-0.4, -0.2) is 32.7 Å². The summed E-state index contributed by atoms with van der Waals surface area (Å²) in [7, 11) is -3.27. The summed E-state index contributed by atoms with van der Waals surface area (Å²) in [5.41, 5.74) is 1.87. The second-order valence-electron chi connectivity index (χ2n) is 6.49. The van der Waals surface area contributed by atoms with Gasteiger partial charge >= 0.3 is 0 Å². The van der Waals surface area contributed by atoms with Crippen LogP contribution in [0.1, 0.15) is 43.1 Å². The van der Waals surface area contributed by atoms with Gasteiger partial charge in [-0.2, -0.15) is 0 Å². The summed E-state index contributed by atoms with van der Waals surface area (Å²) in [5.74, 6) is -0.137. The molecule has 6 heteroatoms. The molecule has 0 saturated heterocycles. The number of nitrogens with zero attached hydrogens (tertiary/aromatic N) is 1. The molecule has 5 nitrogen and oxygen atoms in total. The molecule has 0 radical (unpaired) electrons. The number of fused-ring (bicyclic) bond motifs is 1. The van der Waals surface area contributed by atoms with Gasteiger partial charge in [0, 0.05) is 17.6 Å². The smallest absolute Gasteiger partial charge is 0.251 e. The van der Waals surface area contributed by atoms with Gasteiger partial charge in [-0.1, -0.05) is 0 Å². The van der Waals surface area contributed by atoms with Crippen molar-refractivity contribution in [1.29, 1.82) is 0 Å². The third-order valence-electron chi connectivity index (χ3n) is 3.31. The van der Waals surface area contributed by atoms with Crippen molar-refractivity contribution in [3.8, 4) is 0 Å².